The van der Waals surface area contributed by atoms with Gasteiger partial charge in [-0.2, -0.15) is 0 Å². The van der Waals surface area contributed by atoms with Crippen LogP contribution in [-0.4, -0.2) is 20.1 Å². The number of carbonyl (C=O) groups excluding carboxylic acids is 1. The number of anilines is 1. The fourth-order valence-corrected chi connectivity index (χ4v) is 2.39. The zero-order chi connectivity index (χ0) is 16.7. The average molecular weight is 334 g/mol. The van der Waals surface area contributed by atoms with Crippen molar-refractivity contribution in [3.63, 3.8) is 0 Å². The number of methoxy groups -OCH3 is 2. The number of ether oxygens (including phenoxy) is 2. The van der Waals surface area contributed by atoms with E-state index >= 15 is 0 Å². The number of carbonyl (C=O) groups is 1. The molecule has 0 radical (unpaired) electrons. The van der Waals surface area contributed by atoms with Crippen LogP contribution in [0.4, 0.5) is 5.69 Å². The van der Waals surface area contributed by atoms with Crippen molar-refractivity contribution in [2.45, 2.75) is 19.3 Å². The Labute approximate surface area is 141 Å². The van der Waals surface area contributed by atoms with Crippen LogP contribution in [0.15, 0.2) is 42.5 Å². The van der Waals surface area contributed by atoms with E-state index in [0.717, 1.165) is 18.6 Å². The van der Waals surface area contributed by atoms with Crippen molar-refractivity contribution in [1.82, 2.24) is 0 Å². The summed E-state index contributed by atoms with van der Waals surface area (Å²) >= 11 is 5.90. The molecule has 2 aromatic rings. The Hall–Kier alpha value is -2.20. The van der Waals surface area contributed by atoms with E-state index in [1.165, 1.54) is 5.56 Å². The van der Waals surface area contributed by atoms with Crippen molar-refractivity contribution in [1.29, 1.82) is 0 Å². The van der Waals surface area contributed by atoms with Crippen molar-refractivity contribution in [3.05, 3.63) is 53.1 Å². The van der Waals surface area contributed by atoms with Gasteiger partial charge in [-0.05, 0) is 42.7 Å². The van der Waals surface area contributed by atoms with Crippen LogP contribution in [0.1, 0.15) is 18.4 Å². The van der Waals surface area contributed by atoms with Crippen LogP contribution in [0.3, 0.4) is 0 Å². The molecule has 0 heterocycles. The highest BCUT2D eigenvalue weighted by atomic mass is 35.5. The first-order valence-electron chi connectivity index (χ1n) is 7.38. The second-order valence-corrected chi connectivity index (χ2v) is 5.53. The van der Waals surface area contributed by atoms with Crippen LogP contribution in [0.25, 0.3) is 0 Å². The molecule has 2 aromatic carbocycles. The predicted molar refractivity (Wildman–Crippen MR) is 92.6 cm³/mol. The van der Waals surface area contributed by atoms with Crippen LogP contribution in [-0.2, 0) is 11.2 Å². The SMILES string of the molecule is COc1ccc(CCCC(=O)Nc2ccc(Cl)cc2OC)cc1. The zero-order valence-electron chi connectivity index (χ0n) is 13.3. The smallest absolute Gasteiger partial charge is 0.224 e. The molecular weight excluding hydrogens is 314 g/mol. The van der Waals surface area contributed by atoms with Gasteiger partial charge >= 0.3 is 0 Å². The summed E-state index contributed by atoms with van der Waals surface area (Å²) in [6, 6.07) is 13.0. The van der Waals surface area contributed by atoms with Crippen molar-refractivity contribution in [3.8, 4) is 11.5 Å². The monoisotopic (exact) mass is 333 g/mol. The molecule has 0 bridgehead atoms. The Balaban J connectivity index is 1.83. The first-order valence-corrected chi connectivity index (χ1v) is 7.76. The van der Waals surface area contributed by atoms with Crippen LogP contribution in [0, 0.1) is 0 Å². The van der Waals surface area contributed by atoms with Gasteiger partial charge in [-0.1, -0.05) is 23.7 Å². The highest BCUT2D eigenvalue weighted by Crippen LogP contribution is 2.27. The molecule has 0 unspecified atom stereocenters. The maximum absolute atomic E-state index is 12.0. The molecule has 0 aliphatic carbocycles. The highest BCUT2D eigenvalue weighted by molar-refractivity contribution is 6.30. The van der Waals surface area contributed by atoms with Gasteiger partial charge in [0.15, 0.2) is 0 Å². The molecule has 1 amide bonds. The minimum atomic E-state index is -0.0425. The number of hydrogen-bond donors (Lipinski definition) is 1. The van der Waals surface area contributed by atoms with Gasteiger partial charge in [0.2, 0.25) is 5.91 Å². The Bertz CT molecular complexity index is 656. The molecule has 0 aromatic heterocycles. The Morgan fingerprint density at radius 2 is 1.83 bits per heavy atom. The van der Waals surface area contributed by atoms with Gasteiger partial charge in [-0.15, -0.1) is 0 Å². The van der Waals surface area contributed by atoms with Crippen molar-refractivity contribution >= 4 is 23.2 Å². The summed E-state index contributed by atoms with van der Waals surface area (Å²) < 4.78 is 10.3. The molecule has 122 valence electrons. The molecule has 0 aliphatic heterocycles. The van der Waals surface area contributed by atoms with Crippen LogP contribution in [0.2, 0.25) is 5.02 Å². The van der Waals surface area contributed by atoms with Crippen LogP contribution < -0.4 is 14.8 Å². The Morgan fingerprint density at radius 3 is 2.48 bits per heavy atom. The van der Waals surface area contributed by atoms with Gasteiger partial charge in [-0.3, -0.25) is 4.79 Å². The molecule has 1 N–H and O–H groups in total. The highest BCUT2D eigenvalue weighted by Gasteiger charge is 2.08. The zero-order valence-corrected chi connectivity index (χ0v) is 14.0. The molecule has 5 heteroatoms. The van der Waals surface area contributed by atoms with Crippen LogP contribution in [0.5, 0.6) is 11.5 Å². The van der Waals surface area contributed by atoms with Gasteiger partial charge in [0.1, 0.15) is 11.5 Å². The van der Waals surface area contributed by atoms with Gasteiger partial charge in [0, 0.05) is 17.5 Å². The molecule has 0 spiro atoms. The fraction of sp³-hybridized carbons (Fsp3) is 0.278. The molecule has 23 heavy (non-hydrogen) atoms. The lowest BCUT2D eigenvalue weighted by atomic mass is 10.1. The lowest BCUT2D eigenvalue weighted by Crippen LogP contribution is -2.12. The van der Waals surface area contributed by atoms with Gasteiger partial charge in [0.25, 0.3) is 0 Å². The van der Waals surface area contributed by atoms with E-state index < -0.39 is 0 Å². The quantitative estimate of drug-likeness (QED) is 0.821. The summed E-state index contributed by atoms with van der Waals surface area (Å²) in [6.45, 7) is 0. The van der Waals surface area contributed by atoms with E-state index in [4.69, 9.17) is 21.1 Å². The lowest BCUT2D eigenvalue weighted by Gasteiger charge is -2.10. The van der Waals surface area contributed by atoms with Gasteiger partial charge in [0.05, 0.1) is 19.9 Å². The lowest BCUT2D eigenvalue weighted by molar-refractivity contribution is -0.116. The largest absolute Gasteiger partial charge is 0.497 e. The normalized spacial score (nSPS) is 10.2. The molecular formula is C18H20ClNO3. The molecule has 0 saturated carbocycles. The summed E-state index contributed by atoms with van der Waals surface area (Å²) in [6.07, 6.45) is 2.06. The molecule has 2 rings (SSSR count). The number of benzene rings is 2. The summed E-state index contributed by atoms with van der Waals surface area (Å²) in [5.41, 5.74) is 1.81. The third-order valence-corrected chi connectivity index (χ3v) is 3.70. The molecule has 0 saturated heterocycles. The van der Waals surface area contributed by atoms with Crippen molar-refractivity contribution < 1.29 is 14.3 Å². The van der Waals surface area contributed by atoms with E-state index in [-0.39, 0.29) is 5.91 Å². The number of rotatable bonds is 7. The minimum absolute atomic E-state index is 0.0425. The van der Waals surface area contributed by atoms with E-state index in [1.807, 2.05) is 24.3 Å². The second-order valence-electron chi connectivity index (χ2n) is 5.09. The summed E-state index contributed by atoms with van der Waals surface area (Å²) in [7, 11) is 3.19. The Kier molecular flexibility index (Phi) is 6.29. The number of halogens is 1. The van der Waals surface area contributed by atoms with E-state index in [2.05, 4.69) is 5.32 Å². The second kappa shape index (κ2) is 8.44. The summed E-state index contributed by atoms with van der Waals surface area (Å²) in [5, 5.41) is 3.42. The number of hydrogen-bond acceptors (Lipinski definition) is 3. The minimum Gasteiger partial charge on any atom is -0.497 e. The van der Waals surface area contributed by atoms with Crippen molar-refractivity contribution in [2.75, 3.05) is 19.5 Å². The van der Waals surface area contributed by atoms with Gasteiger partial charge < -0.3 is 14.8 Å². The molecule has 0 atom stereocenters. The van der Waals surface area contributed by atoms with Crippen molar-refractivity contribution in [2.24, 2.45) is 0 Å². The maximum Gasteiger partial charge on any atom is 0.224 e. The summed E-state index contributed by atoms with van der Waals surface area (Å²) in [5.74, 6) is 1.35. The first kappa shape index (κ1) is 17.2. The standard InChI is InChI=1S/C18H20ClNO3/c1-22-15-9-6-13(7-10-15)4-3-5-18(21)20-16-11-8-14(19)12-17(16)23-2/h6-12H,3-5H2,1-2H3,(H,20,21). The maximum atomic E-state index is 12.0. The third kappa shape index (κ3) is 5.18. The summed E-state index contributed by atoms with van der Waals surface area (Å²) in [4.78, 5) is 12.0. The number of nitrogens with one attached hydrogen (secondary N) is 1. The predicted octanol–water partition coefficient (Wildman–Crippen LogP) is 4.32. The molecule has 0 aliphatic rings. The third-order valence-electron chi connectivity index (χ3n) is 3.47. The molecule has 0 fully saturated rings. The topological polar surface area (TPSA) is 47.6 Å². The fourth-order valence-electron chi connectivity index (χ4n) is 2.23. The van der Waals surface area contributed by atoms with Crippen LogP contribution >= 0.6 is 11.6 Å². The molecule has 4 nitrogen and oxygen atoms in total. The van der Waals surface area contributed by atoms with E-state index in [1.54, 1.807) is 32.4 Å². The average Bonchev–Trinajstić information content (AvgIpc) is 2.57. The number of amides is 1. The first-order chi connectivity index (χ1) is 11.1. The van der Waals surface area contributed by atoms with E-state index in [9.17, 15) is 4.79 Å². The van der Waals surface area contributed by atoms with Gasteiger partial charge in [-0.25, -0.2) is 0 Å². The number of aryl methyl sites for hydroxylation is 1. The van der Waals surface area contributed by atoms with E-state index in [0.29, 0.717) is 22.9 Å². The Morgan fingerprint density at radius 1 is 1.09 bits per heavy atom.